The topological polar surface area (TPSA) is 61.4 Å². The van der Waals surface area contributed by atoms with Crippen LogP contribution in [0, 0.1) is 5.92 Å². The molecule has 0 radical (unpaired) electrons. The zero-order chi connectivity index (χ0) is 18.5. The van der Waals surface area contributed by atoms with Crippen LogP contribution in [-0.4, -0.2) is 32.0 Å². The van der Waals surface area contributed by atoms with Crippen LogP contribution in [0.1, 0.15) is 68.1 Å². The maximum atomic E-state index is 12.9. The summed E-state index contributed by atoms with van der Waals surface area (Å²) in [5.74, 6) is 0.152. The first kappa shape index (κ1) is 18.7. The number of anilines is 2. The molecule has 5 nitrogen and oxygen atoms in total. The molecule has 0 aliphatic heterocycles. The van der Waals surface area contributed by atoms with Gasteiger partial charge in [-0.1, -0.05) is 32.1 Å². The van der Waals surface area contributed by atoms with Crippen LogP contribution >= 0.6 is 0 Å². The molecule has 26 heavy (non-hydrogen) atoms. The van der Waals surface area contributed by atoms with Gasteiger partial charge in [0.1, 0.15) is 0 Å². The van der Waals surface area contributed by atoms with Crippen molar-refractivity contribution in [1.82, 2.24) is 5.32 Å². The van der Waals surface area contributed by atoms with E-state index < -0.39 is 0 Å². The fourth-order valence-electron chi connectivity index (χ4n) is 4.13. The zero-order valence-corrected chi connectivity index (χ0v) is 16.0. The summed E-state index contributed by atoms with van der Waals surface area (Å²) in [5.41, 5.74) is 2.21. The molecule has 0 spiro atoms. The smallest absolute Gasteiger partial charge is 0.253 e. The van der Waals surface area contributed by atoms with E-state index in [-0.39, 0.29) is 23.8 Å². The normalized spacial score (nSPS) is 18.5. The quantitative estimate of drug-likeness (QED) is 0.839. The summed E-state index contributed by atoms with van der Waals surface area (Å²) in [7, 11) is 3.87. The Morgan fingerprint density at radius 1 is 0.962 bits per heavy atom. The molecule has 2 amide bonds. The second kappa shape index (κ2) is 8.56. The molecule has 1 aromatic carbocycles. The van der Waals surface area contributed by atoms with E-state index in [2.05, 4.69) is 10.6 Å². The molecule has 0 atom stereocenters. The molecule has 1 aromatic rings. The van der Waals surface area contributed by atoms with Crippen molar-refractivity contribution < 1.29 is 9.59 Å². The Balaban J connectivity index is 1.74. The van der Waals surface area contributed by atoms with Crippen molar-refractivity contribution in [1.29, 1.82) is 0 Å². The lowest BCUT2D eigenvalue weighted by Gasteiger charge is -2.24. The van der Waals surface area contributed by atoms with Crippen LogP contribution in [0.4, 0.5) is 11.4 Å². The standard InChI is InChI=1S/C21H31N3O2/c1-24(2)19-13-12-17(23-20(25)15-8-6-7-9-15)14-18(19)21(26)22-16-10-4-3-5-11-16/h12-16H,3-11H2,1-2H3,(H,22,26)(H,23,25). The monoisotopic (exact) mass is 357 g/mol. The Labute approximate surface area is 156 Å². The summed E-state index contributed by atoms with van der Waals surface area (Å²) in [6.07, 6.45) is 9.94. The maximum Gasteiger partial charge on any atom is 0.253 e. The van der Waals surface area contributed by atoms with Gasteiger partial charge in [-0.25, -0.2) is 0 Å². The SMILES string of the molecule is CN(C)c1ccc(NC(=O)C2CCCC2)cc1C(=O)NC1CCCCC1. The lowest BCUT2D eigenvalue weighted by atomic mass is 9.95. The van der Waals surface area contributed by atoms with Gasteiger partial charge in [-0.05, 0) is 43.9 Å². The van der Waals surface area contributed by atoms with E-state index in [4.69, 9.17) is 0 Å². The van der Waals surface area contributed by atoms with Gasteiger partial charge in [0, 0.05) is 37.4 Å². The first-order chi connectivity index (χ1) is 12.5. The molecular formula is C21H31N3O2. The van der Waals surface area contributed by atoms with Crippen molar-refractivity contribution in [3.05, 3.63) is 23.8 Å². The second-order valence-electron chi connectivity index (χ2n) is 7.91. The van der Waals surface area contributed by atoms with Gasteiger partial charge in [0.05, 0.1) is 5.56 Å². The molecule has 2 aliphatic rings. The van der Waals surface area contributed by atoms with E-state index >= 15 is 0 Å². The molecule has 2 N–H and O–H groups in total. The predicted molar refractivity (Wildman–Crippen MR) is 106 cm³/mol. The van der Waals surface area contributed by atoms with Crippen LogP contribution in [0.5, 0.6) is 0 Å². The lowest BCUT2D eigenvalue weighted by molar-refractivity contribution is -0.119. The lowest BCUT2D eigenvalue weighted by Crippen LogP contribution is -2.36. The Hall–Kier alpha value is -2.04. The van der Waals surface area contributed by atoms with Gasteiger partial charge in [0.15, 0.2) is 0 Å². The fourth-order valence-corrected chi connectivity index (χ4v) is 4.13. The zero-order valence-electron chi connectivity index (χ0n) is 16.0. The Morgan fingerprint density at radius 3 is 2.27 bits per heavy atom. The molecule has 0 heterocycles. The molecule has 2 aliphatic carbocycles. The van der Waals surface area contributed by atoms with E-state index in [9.17, 15) is 9.59 Å². The maximum absolute atomic E-state index is 12.9. The van der Waals surface area contributed by atoms with Crippen molar-refractivity contribution in [2.24, 2.45) is 5.92 Å². The summed E-state index contributed by atoms with van der Waals surface area (Å²) < 4.78 is 0. The van der Waals surface area contributed by atoms with E-state index in [1.165, 1.54) is 19.3 Å². The van der Waals surface area contributed by atoms with Crippen molar-refractivity contribution >= 4 is 23.2 Å². The average molecular weight is 357 g/mol. The Kier molecular flexibility index (Phi) is 6.17. The third-order valence-corrected chi connectivity index (χ3v) is 5.66. The van der Waals surface area contributed by atoms with Gasteiger partial charge >= 0.3 is 0 Å². The number of nitrogens with one attached hydrogen (secondary N) is 2. The average Bonchev–Trinajstić information content (AvgIpc) is 3.17. The van der Waals surface area contributed by atoms with Crippen LogP contribution in [-0.2, 0) is 4.79 Å². The van der Waals surface area contributed by atoms with Gasteiger partial charge in [-0.3, -0.25) is 9.59 Å². The van der Waals surface area contributed by atoms with Crippen molar-refractivity contribution in [2.45, 2.75) is 63.8 Å². The highest BCUT2D eigenvalue weighted by Crippen LogP contribution is 2.28. The molecule has 0 saturated heterocycles. The first-order valence-corrected chi connectivity index (χ1v) is 9.97. The summed E-state index contributed by atoms with van der Waals surface area (Å²) in [6, 6.07) is 5.89. The molecule has 142 valence electrons. The third kappa shape index (κ3) is 4.57. The highest BCUT2D eigenvalue weighted by molar-refractivity contribution is 6.02. The van der Waals surface area contributed by atoms with Crippen molar-refractivity contribution in [3.8, 4) is 0 Å². The number of amides is 2. The van der Waals surface area contributed by atoms with Crippen LogP contribution in [0.15, 0.2) is 18.2 Å². The molecule has 3 rings (SSSR count). The summed E-state index contributed by atoms with van der Waals surface area (Å²) in [4.78, 5) is 27.2. The first-order valence-electron chi connectivity index (χ1n) is 9.97. The molecule has 0 bridgehead atoms. The largest absolute Gasteiger partial charge is 0.377 e. The van der Waals surface area contributed by atoms with Gasteiger partial charge in [-0.2, -0.15) is 0 Å². The fraction of sp³-hybridized carbons (Fsp3) is 0.619. The molecule has 0 unspecified atom stereocenters. The Morgan fingerprint density at radius 2 is 1.62 bits per heavy atom. The summed E-state index contributed by atoms with van der Waals surface area (Å²) in [5, 5.41) is 6.20. The molecule has 2 saturated carbocycles. The summed E-state index contributed by atoms with van der Waals surface area (Å²) >= 11 is 0. The van der Waals surface area contributed by atoms with Gasteiger partial charge in [0.25, 0.3) is 5.91 Å². The molecule has 2 fully saturated rings. The number of hydrogen-bond acceptors (Lipinski definition) is 3. The summed E-state index contributed by atoms with van der Waals surface area (Å²) in [6.45, 7) is 0. The van der Waals surface area contributed by atoms with Crippen LogP contribution < -0.4 is 15.5 Å². The van der Waals surface area contributed by atoms with E-state index in [0.29, 0.717) is 11.3 Å². The van der Waals surface area contributed by atoms with E-state index in [0.717, 1.165) is 44.2 Å². The minimum absolute atomic E-state index is 0.0439. The van der Waals surface area contributed by atoms with Gasteiger partial charge in [-0.15, -0.1) is 0 Å². The molecular weight excluding hydrogens is 326 g/mol. The minimum Gasteiger partial charge on any atom is -0.377 e. The second-order valence-corrected chi connectivity index (χ2v) is 7.91. The third-order valence-electron chi connectivity index (χ3n) is 5.66. The van der Waals surface area contributed by atoms with Gasteiger partial charge < -0.3 is 15.5 Å². The van der Waals surface area contributed by atoms with Crippen LogP contribution in [0.25, 0.3) is 0 Å². The molecule has 5 heteroatoms. The predicted octanol–water partition coefficient (Wildman–Crippen LogP) is 3.94. The number of rotatable bonds is 5. The van der Waals surface area contributed by atoms with E-state index in [1.807, 2.05) is 37.2 Å². The number of nitrogens with zero attached hydrogens (tertiary/aromatic N) is 1. The number of carbonyl (C=O) groups is 2. The number of hydrogen-bond donors (Lipinski definition) is 2. The van der Waals surface area contributed by atoms with Crippen molar-refractivity contribution in [3.63, 3.8) is 0 Å². The number of carbonyl (C=O) groups excluding carboxylic acids is 2. The van der Waals surface area contributed by atoms with Crippen molar-refractivity contribution in [2.75, 3.05) is 24.3 Å². The van der Waals surface area contributed by atoms with E-state index in [1.54, 1.807) is 0 Å². The number of benzene rings is 1. The van der Waals surface area contributed by atoms with Crippen LogP contribution in [0.3, 0.4) is 0 Å². The minimum atomic E-state index is -0.0439. The Bertz CT molecular complexity index is 645. The molecule has 0 aromatic heterocycles. The highest BCUT2D eigenvalue weighted by atomic mass is 16.2. The highest BCUT2D eigenvalue weighted by Gasteiger charge is 2.24. The van der Waals surface area contributed by atoms with Gasteiger partial charge in [0.2, 0.25) is 5.91 Å². The van der Waals surface area contributed by atoms with Crippen LogP contribution in [0.2, 0.25) is 0 Å².